The van der Waals surface area contributed by atoms with Crippen LogP contribution in [0.2, 0.25) is 0 Å². The number of allylic oxidation sites excluding steroid dienone is 2. The van der Waals surface area contributed by atoms with E-state index in [2.05, 4.69) is 6.92 Å². The van der Waals surface area contributed by atoms with E-state index in [1.807, 2.05) is 12.2 Å². The Morgan fingerprint density at radius 1 is 1.33 bits per heavy atom. The molecule has 5 heteroatoms. The van der Waals surface area contributed by atoms with Gasteiger partial charge in [-0.3, -0.25) is 4.79 Å². The number of hydrogen-bond donors (Lipinski definition) is 1. The molecule has 1 saturated heterocycles. The lowest BCUT2D eigenvalue weighted by Crippen LogP contribution is -2.49. The van der Waals surface area contributed by atoms with E-state index in [9.17, 15) is 14.7 Å². The summed E-state index contributed by atoms with van der Waals surface area (Å²) < 4.78 is 11.3. The predicted molar refractivity (Wildman–Crippen MR) is 83.9 cm³/mol. The smallest absolute Gasteiger partial charge is 0.334 e. The molecule has 0 bridgehead atoms. The number of aliphatic hydroxyl groups excluding tert-OH is 1. The Bertz CT molecular complexity index is 773. The number of aliphatic hydroxyl groups is 1. The fourth-order valence-corrected chi connectivity index (χ4v) is 5.42. The van der Waals surface area contributed by atoms with Crippen molar-refractivity contribution in [2.75, 3.05) is 13.2 Å². The monoisotopic (exact) mass is 328 g/mol. The number of carbonyl (C=O) groups is 2. The summed E-state index contributed by atoms with van der Waals surface area (Å²) in [6.45, 7) is 2.56. The van der Waals surface area contributed by atoms with Crippen LogP contribution in [0.25, 0.3) is 0 Å². The second-order valence-electron chi connectivity index (χ2n) is 7.70. The minimum atomic E-state index is -0.800. The summed E-state index contributed by atoms with van der Waals surface area (Å²) in [6.07, 6.45) is 6.47. The highest BCUT2D eigenvalue weighted by Crippen LogP contribution is 2.67. The molecule has 4 atom stereocenters. The number of fused-ring (bicyclic) bond motifs is 3. The average Bonchev–Trinajstić information content (AvgIpc) is 3.16. The highest BCUT2D eigenvalue weighted by molar-refractivity contribution is 6.08. The molecule has 0 radical (unpaired) electrons. The molecule has 0 aromatic carbocycles. The average molecular weight is 328 g/mol. The van der Waals surface area contributed by atoms with Crippen molar-refractivity contribution in [3.05, 3.63) is 34.4 Å². The first kappa shape index (κ1) is 14.6. The molecule has 5 nitrogen and oxygen atoms in total. The molecule has 126 valence electrons. The number of carbonyl (C=O) groups excluding carboxylic acids is 2. The number of cyclic esters (lactones) is 1. The summed E-state index contributed by atoms with van der Waals surface area (Å²) in [7, 11) is 0. The van der Waals surface area contributed by atoms with Gasteiger partial charge in [-0.2, -0.15) is 0 Å². The van der Waals surface area contributed by atoms with E-state index < -0.39 is 5.60 Å². The quantitative estimate of drug-likeness (QED) is 0.616. The molecular formula is C19H20O5. The lowest BCUT2D eigenvalue weighted by atomic mass is 9.52. The van der Waals surface area contributed by atoms with Crippen LogP contribution in [-0.2, 0) is 19.1 Å². The number of esters is 1. The van der Waals surface area contributed by atoms with Crippen LogP contribution in [0.1, 0.15) is 32.6 Å². The molecule has 0 unspecified atom stereocenters. The van der Waals surface area contributed by atoms with Crippen LogP contribution in [0, 0.1) is 11.3 Å². The van der Waals surface area contributed by atoms with Crippen molar-refractivity contribution in [3.8, 4) is 0 Å². The molecule has 0 aromatic heterocycles. The minimum absolute atomic E-state index is 0.0252. The Balaban J connectivity index is 1.62. The van der Waals surface area contributed by atoms with Crippen molar-refractivity contribution >= 4 is 11.8 Å². The SMILES string of the molecule is C[C@]12CCC3=C(COC3=O)[C@@H]1C[C@@H]1O[C@@]13C(=O)C(CCO)=CC=C32. The number of Topliss-reactive ketones (excluding diaryl/α,β-unsaturated/α-hetero) is 1. The van der Waals surface area contributed by atoms with E-state index in [1.165, 1.54) is 0 Å². The van der Waals surface area contributed by atoms with Gasteiger partial charge in [-0.05, 0) is 48.2 Å². The number of hydrogen-bond acceptors (Lipinski definition) is 5. The molecule has 3 aliphatic carbocycles. The third-order valence-electron chi connectivity index (χ3n) is 6.73. The number of epoxide rings is 1. The Labute approximate surface area is 140 Å². The van der Waals surface area contributed by atoms with Gasteiger partial charge in [-0.25, -0.2) is 4.79 Å². The van der Waals surface area contributed by atoms with Crippen LogP contribution >= 0.6 is 0 Å². The fourth-order valence-electron chi connectivity index (χ4n) is 5.42. The predicted octanol–water partition coefficient (Wildman–Crippen LogP) is 1.62. The van der Waals surface area contributed by atoms with Crippen LogP contribution in [0.15, 0.2) is 34.4 Å². The molecule has 2 heterocycles. The molecule has 0 aromatic rings. The summed E-state index contributed by atoms with van der Waals surface area (Å²) in [4.78, 5) is 24.9. The molecule has 2 aliphatic heterocycles. The molecule has 1 N–H and O–H groups in total. The van der Waals surface area contributed by atoms with Crippen LogP contribution in [0.3, 0.4) is 0 Å². The van der Waals surface area contributed by atoms with Gasteiger partial charge in [0.15, 0.2) is 11.4 Å². The Morgan fingerprint density at radius 3 is 2.96 bits per heavy atom. The first-order valence-corrected chi connectivity index (χ1v) is 8.66. The fraction of sp³-hybridized carbons (Fsp3) is 0.579. The molecule has 0 amide bonds. The van der Waals surface area contributed by atoms with Crippen LogP contribution in [0.5, 0.6) is 0 Å². The van der Waals surface area contributed by atoms with E-state index >= 15 is 0 Å². The standard InChI is InChI=1S/C19H20O5/c1-18-6-4-11-12(9-23-17(11)22)13(18)8-15-19(24-15)14(18)3-2-10(5-7-20)16(19)21/h2-3,13,15,20H,4-9H2,1H3/t13-,15-,18-,19+/m0/s1. The highest BCUT2D eigenvalue weighted by Gasteiger charge is 2.73. The van der Waals surface area contributed by atoms with Crippen molar-refractivity contribution in [2.45, 2.75) is 44.3 Å². The van der Waals surface area contributed by atoms with Gasteiger partial charge in [-0.15, -0.1) is 0 Å². The van der Waals surface area contributed by atoms with E-state index in [0.29, 0.717) is 25.0 Å². The van der Waals surface area contributed by atoms with Gasteiger partial charge in [0.25, 0.3) is 0 Å². The van der Waals surface area contributed by atoms with E-state index in [4.69, 9.17) is 9.47 Å². The Morgan fingerprint density at radius 2 is 2.17 bits per heavy atom. The molecule has 24 heavy (non-hydrogen) atoms. The van der Waals surface area contributed by atoms with Gasteiger partial charge in [0.1, 0.15) is 12.7 Å². The summed E-state index contributed by atoms with van der Waals surface area (Å²) in [5, 5.41) is 9.19. The maximum absolute atomic E-state index is 13.0. The maximum Gasteiger partial charge on any atom is 0.334 e. The number of rotatable bonds is 2. The third-order valence-corrected chi connectivity index (χ3v) is 6.73. The second kappa shape index (κ2) is 4.46. The molecule has 1 saturated carbocycles. The van der Waals surface area contributed by atoms with Gasteiger partial charge in [0, 0.05) is 17.8 Å². The van der Waals surface area contributed by atoms with Gasteiger partial charge >= 0.3 is 5.97 Å². The molecule has 2 fully saturated rings. The van der Waals surface area contributed by atoms with E-state index in [1.54, 1.807) is 0 Å². The molecule has 5 rings (SSSR count). The van der Waals surface area contributed by atoms with Crippen molar-refractivity contribution < 1.29 is 24.2 Å². The first-order valence-electron chi connectivity index (χ1n) is 8.66. The third kappa shape index (κ3) is 1.53. The summed E-state index contributed by atoms with van der Waals surface area (Å²) in [6, 6.07) is 0. The Kier molecular flexibility index (Phi) is 2.72. The summed E-state index contributed by atoms with van der Waals surface area (Å²) in [5.74, 6) is 0.0665. The van der Waals surface area contributed by atoms with Crippen LogP contribution < -0.4 is 0 Å². The minimum Gasteiger partial charge on any atom is -0.458 e. The first-order chi connectivity index (χ1) is 11.5. The summed E-state index contributed by atoms with van der Waals surface area (Å²) >= 11 is 0. The largest absolute Gasteiger partial charge is 0.458 e. The maximum atomic E-state index is 13.0. The van der Waals surface area contributed by atoms with E-state index in [-0.39, 0.29) is 35.8 Å². The van der Waals surface area contributed by atoms with Crippen molar-refractivity contribution in [3.63, 3.8) is 0 Å². The zero-order valence-electron chi connectivity index (χ0n) is 13.6. The molecular weight excluding hydrogens is 308 g/mol. The van der Waals surface area contributed by atoms with Gasteiger partial charge in [0.05, 0.1) is 0 Å². The summed E-state index contributed by atoms with van der Waals surface area (Å²) in [5.41, 5.74) is 2.72. The van der Waals surface area contributed by atoms with E-state index in [0.717, 1.165) is 29.6 Å². The van der Waals surface area contributed by atoms with Crippen LogP contribution in [0.4, 0.5) is 0 Å². The zero-order chi connectivity index (χ0) is 16.7. The van der Waals surface area contributed by atoms with Crippen LogP contribution in [-0.4, -0.2) is 41.8 Å². The van der Waals surface area contributed by atoms with Gasteiger partial charge in [-0.1, -0.05) is 19.1 Å². The van der Waals surface area contributed by atoms with Crippen molar-refractivity contribution in [1.29, 1.82) is 0 Å². The highest BCUT2D eigenvalue weighted by atomic mass is 16.6. The number of ether oxygens (including phenoxy) is 2. The van der Waals surface area contributed by atoms with Gasteiger partial charge < -0.3 is 14.6 Å². The second-order valence-corrected chi connectivity index (χ2v) is 7.70. The molecule has 1 spiro atoms. The Hall–Kier alpha value is -1.72. The van der Waals surface area contributed by atoms with Crippen molar-refractivity contribution in [2.24, 2.45) is 11.3 Å². The normalized spacial score (nSPS) is 42.4. The van der Waals surface area contributed by atoms with Gasteiger partial charge in [0.2, 0.25) is 0 Å². The lowest BCUT2D eigenvalue weighted by molar-refractivity contribution is -0.136. The molecule has 5 aliphatic rings. The zero-order valence-corrected chi connectivity index (χ0v) is 13.6. The lowest BCUT2D eigenvalue weighted by Gasteiger charge is -2.48. The number of ketones is 1. The van der Waals surface area contributed by atoms with Crippen molar-refractivity contribution in [1.82, 2.24) is 0 Å². The topological polar surface area (TPSA) is 76.1 Å².